The van der Waals surface area contributed by atoms with E-state index in [0.717, 1.165) is 19.3 Å². The van der Waals surface area contributed by atoms with Crippen LogP contribution in [-0.2, 0) is 23.9 Å². The van der Waals surface area contributed by atoms with Crippen molar-refractivity contribution in [2.45, 2.75) is 132 Å². The molecule has 0 spiro atoms. The summed E-state index contributed by atoms with van der Waals surface area (Å²) < 4.78 is 5.09. The van der Waals surface area contributed by atoms with E-state index in [1.165, 1.54) is 49.8 Å². The number of esters is 1. The van der Waals surface area contributed by atoms with Crippen molar-refractivity contribution in [2.24, 2.45) is 34.5 Å². The van der Waals surface area contributed by atoms with E-state index < -0.39 is 41.0 Å². The summed E-state index contributed by atoms with van der Waals surface area (Å²) in [4.78, 5) is 53.4. The number of hydrogen-bond acceptors (Lipinski definition) is 5. The molecule has 0 saturated carbocycles. The number of carbonyl (C=O) groups excluding carboxylic acids is 3. The Morgan fingerprint density at radius 2 is 1.38 bits per heavy atom. The molecule has 0 aromatic carbocycles. The standard InChI is InChI=1S/C32H57NO6/c1-9-11-12-13-14-15-16-17-18-19-20-33-27(34)25(21-31(4,5)6)26(28(33)35)32(7,8)22-24(29(36)37)23(3)30(38)39-10-2/h23-26H,9-22H2,1-8H3,(H,36,37). The fraction of sp³-hybridized carbons (Fsp3) is 0.875. The van der Waals surface area contributed by atoms with Crippen molar-refractivity contribution in [3.63, 3.8) is 0 Å². The molecule has 0 aliphatic carbocycles. The van der Waals surface area contributed by atoms with Crippen LogP contribution in [0.25, 0.3) is 0 Å². The first-order valence-electron chi connectivity index (χ1n) is 15.4. The van der Waals surface area contributed by atoms with Gasteiger partial charge in [0.1, 0.15) is 0 Å². The van der Waals surface area contributed by atoms with Crippen LogP contribution < -0.4 is 0 Å². The van der Waals surface area contributed by atoms with Crippen molar-refractivity contribution in [1.29, 1.82) is 0 Å². The average molecular weight is 552 g/mol. The Labute approximate surface area is 237 Å². The zero-order valence-corrected chi connectivity index (χ0v) is 26.1. The monoisotopic (exact) mass is 551 g/mol. The number of unbranched alkanes of at least 4 members (excludes halogenated alkanes) is 9. The third-order valence-electron chi connectivity index (χ3n) is 8.25. The second kappa shape index (κ2) is 16.4. The molecule has 7 heteroatoms. The molecule has 2 amide bonds. The number of imide groups is 1. The van der Waals surface area contributed by atoms with Gasteiger partial charge in [0, 0.05) is 6.54 Å². The Hall–Kier alpha value is -1.92. The molecule has 7 nitrogen and oxygen atoms in total. The second-order valence-corrected chi connectivity index (χ2v) is 13.5. The third kappa shape index (κ3) is 11.2. The Morgan fingerprint density at radius 1 is 0.872 bits per heavy atom. The van der Waals surface area contributed by atoms with Crippen molar-refractivity contribution in [3.05, 3.63) is 0 Å². The molecule has 0 radical (unpaired) electrons. The summed E-state index contributed by atoms with van der Waals surface area (Å²) in [5, 5.41) is 9.98. The Balaban J connectivity index is 2.93. The minimum absolute atomic E-state index is 0.110. The Kier molecular flexibility index (Phi) is 14.7. The highest BCUT2D eigenvalue weighted by atomic mass is 16.5. The van der Waals surface area contributed by atoms with E-state index in [4.69, 9.17) is 4.74 Å². The number of carbonyl (C=O) groups is 4. The topological polar surface area (TPSA) is 101 Å². The highest BCUT2D eigenvalue weighted by Crippen LogP contribution is 2.48. The van der Waals surface area contributed by atoms with E-state index in [0.29, 0.717) is 13.0 Å². The van der Waals surface area contributed by atoms with Gasteiger partial charge in [-0.1, -0.05) is 106 Å². The first-order valence-corrected chi connectivity index (χ1v) is 15.4. The van der Waals surface area contributed by atoms with Gasteiger partial charge in [-0.15, -0.1) is 0 Å². The van der Waals surface area contributed by atoms with E-state index >= 15 is 0 Å². The number of nitrogens with zero attached hydrogens (tertiary/aromatic N) is 1. The molecule has 4 unspecified atom stereocenters. The fourth-order valence-corrected chi connectivity index (χ4v) is 6.12. The van der Waals surface area contributed by atoms with Crippen molar-refractivity contribution in [2.75, 3.05) is 13.2 Å². The molecule has 1 N–H and O–H groups in total. The number of carboxylic acids is 1. The summed E-state index contributed by atoms with van der Waals surface area (Å²) in [5.74, 6) is -4.94. The van der Waals surface area contributed by atoms with E-state index in [1.807, 2.05) is 13.8 Å². The normalized spacial score (nSPS) is 19.8. The van der Waals surface area contributed by atoms with Crippen LogP contribution in [0.2, 0.25) is 0 Å². The van der Waals surface area contributed by atoms with Crippen LogP contribution in [0, 0.1) is 34.5 Å². The van der Waals surface area contributed by atoms with Gasteiger partial charge in [0.2, 0.25) is 11.8 Å². The van der Waals surface area contributed by atoms with Crippen LogP contribution >= 0.6 is 0 Å². The van der Waals surface area contributed by atoms with E-state index in [2.05, 4.69) is 27.7 Å². The predicted molar refractivity (Wildman–Crippen MR) is 155 cm³/mol. The molecule has 1 aliphatic rings. The molecule has 39 heavy (non-hydrogen) atoms. The minimum atomic E-state index is -1.09. The largest absolute Gasteiger partial charge is 0.481 e. The lowest BCUT2D eigenvalue weighted by Crippen LogP contribution is -2.41. The quantitative estimate of drug-likeness (QED) is 0.103. The molecule has 1 fully saturated rings. The lowest BCUT2D eigenvalue weighted by Gasteiger charge is -2.37. The number of hydrogen-bond donors (Lipinski definition) is 1. The molecular weight excluding hydrogens is 494 g/mol. The van der Waals surface area contributed by atoms with Crippen LogP contribution in [0.5, 0.6) is 0 Å². The fourth-order valence-electron chi connectivity index (χ4n) is 6.12. The summed E-state index contributed by atoms with van der Waals surface area (Å²) in [7, 11) is 0. The summed E-state index contributed by atoms with van der Waals surface area (Å²) in [6.45, 7) is 16.0. The second-order valence-electron chi connectivity index (χ2n) is 13.5. The summed E-state index contributed by atoms with van der Waals surface area (Å²) >= 11 is 0. The van der Waals surface area contributed by atoms with Gasteiger partial charge in [0.15, 0.2) is 0 Å². The number of carboxylic acid groups (broad SMARTS) is 1. The van der Waals surface area contributed by atoms with Gasteiger partial charge in [0.25, 0.3) is 0 Å². The maximum Gasteiger partial charge on any atom is 0.309 e. The van der Waals surface area contributed by atoms with Crippen LogP contribution in [0.4, 0.5) is 0 Å². The lowest BCUT2D eigenvalue weighted by molar-refractivity contribution is -0.158. The first-order chi connectivity index (χ1) is 18.2. The van der Waals surface area contributed by atoms with Gasteiger partial charge in [-0.3, -0.25) is 24.1 Å². The lowest BCUT2D eigenvalue weighted by atomic mass is 9.64. The van der Waals surface area contributed by atoms with Gasteiger partial charge in [-0.2, -0.15) is 0 Å². The molecule has 1 heterocycles. The SMILES string of the molecule is CCCCCCCCCCCCN1C(=O)C(CC(C)(C)C)C(C(C)(C)CC(C(=O)O)C(C)C(=O)OCC)C1=O. The van der Waals surface area contributed by atoms with E-state index in [-0.39, 0.29) is 30.3 Å². The number of rotatable bonds is 19. The summed E-state index contributed by atoms with van der Waals surface area (Å²) in [6, 6.07) is 0. The van der Waals surface area contributed by atoms with Gasteiger partial charge in [-0.25, -0.2) is 0 Å². The number of ether oxygens (including phenoxy) is 1. The number of aliphatic carboxylic acids is 1. The van der Waals surface area contributed by atoms with Crippen molar-refractivity contribution >= 4 is 23.8 Å². The molecule has 4 atom stereocenters. The molecule has 0 aromatic heterocycles. The van der Waals surface area contributed by atoms with Crippen molar-refractivity contribution in [1.82, 2.24) is 4.90 Å². The molecule has 1 saturated heterocycles. The highest BCUT2D eigenvalue weighted by Gasteiger charge is 2.55. The zero-order chi connectivity index (χ0) is 29.8. The van der Waals surface area contributed by atoms with Crippen LogP contribution in [0.1, 0.15) is 132 Å². The average Bonchev–Trinajstić information content (AvgIpc) is 3.06. The maximum atomic E-state index is 13.8. The smallest absolute Gasteiger partial charge is 0.309 e. The Bertz CT molecular complexity index is 799. The molecular formula is C32H57NO6. The summed E-state index contributed by atoms with van der Waals surface area (Å²) in [5.41, 5.74) is -0.967. The maximum absolute atomic E-state index is 13.8. The predicted octanol–water partition coefficient (Wildman–Crippen LogP) is 7.26. The molecule has 1 aliphatic heterocycles. The van der Waals surface area contributed by atoms with Crippen molar-refractivity contribution in [3.8, 4) is 0 Å². The van der Waals surface area contributed by atoms with Gasteiger partial charge >= 0.3 is 11.9 Å². The van der Waals surface area contributed by atoms with E-state index in [1.54, 1.807) is 13.8 Å². The van der Waals surface area contributed by atoms with Crippen LogP contribution in [-0.4, -0.2) is 46.9 Å². The van der Waals surface area contributed by atoms with Crippen LogP contribution in [0.15, 0.2) is 0 Å². The Morgan fingerprint density at radius 3 is 1.85 bits per heavy atom. The summed E-state index contributed by atoms with van der Waals surface area (Å²) in [6.07, 6.45) is 12.4. The molecule has 0 bridgehead atoms. The van der Waals surface area contributed by atoms with E-state index in [9.17, 15) is 24.3 Å². The van der Waals surface area contributed by atoms with Gasteiger partial charge < -0.3 is 9.84 Å². The van der Waals surface area contributed by atoms with Gasteiger partial charge in [-0.05, 0) is 37.0 Å². The van der Waals surface area contributed by atoms with Crippen molar-refractivity contribution < 1.29 is 29.0 Å². The molecule has 0 aromatic rings. The number of amides is 2. The van der Waals surface area contributed by atoms with Crippen LogP contribution in [0.3, 0.4) is 0 Å². The van der Waals surface area contributed by atoms with Gasteiger partial charge in [0.05, 0.1) is 30.3 Å². The minimum Gasteiger partial charge on any atom is -0.481 e. The zero-order valence-electron chi connectivity index (χ0n) is 26.1. The highest BCUT2D eigenvalue weighted by molar-refractivity contribution is 6.05. The third-order valence-corrected chi connectivity index (χ3v) is 8.25. The first kappa shape index (κ1) is 35.1. The number of likely N-dealkylation sites (tertiary alicyclic amines) is 1. The molecule has 226 valence electrons. The molecule has 1 rings (SSSR count).